The third-order valence-electron chi connectivity index (χ3n) is 3.31. The average Bonchev–Trinajstić information content (AvgIpc) is 2.47. The molecule has 1 atom stereocenters. The monoisotopic (exact) mass is 276 g/mol. The molecule has 0 aromatic carbocycles. The third-order valence-corrected chi connectivity index (χ3v) is 3.31. The van der Waals surface area contributed by atoms with Crippen LogP contribution in [0.2, 0.25) is 0 Å². The number of nitriles is 1. The van der Waals surface area contributed by atoms with Crippen LogP contribution in [0.4, 0.5) is 5.69 Å². The van der Waals surface area contributed by atoms with Crippen LogP contribution in [-0.4, -0.2) is 29.1 Å². The molecule has 106 valence electrons. The molecule has 1 aliphatic heterocycles. The summed E-state index contributed by atoms with van der Waals surface area (Å²) in [4.78, 5) is 14.2. The Morgan fingerprint density at radius 3 is 3.10 bits per heavy atom. The largest absolute Gasteiger partial charge is 0.473 e. The molecule has 1 aromatic rings. The van der Waals surface area contributed by atoms with Crippen molar-refractivity contribution < 1.29 is 9.66 Å². The van der Waals surface area contributed by atoms with Gasteiger partial charge in [-0.1, -0.05) is 6.42 Å². The second kappa shape index (κ2) is 6.82. The van der Waals surface area contributed by atoms with Crippen LogP contribution in [0.1, 0.15) is 31.2 Å². The average molecular weight is 276 g/mol. The quantitative estimate of drug-likeness (QED) is 0.649. The fraction of sp³-hybridized carbons (Fsp3) is 0.538. The summed E-state index contributed by atoms with van der Waals surface area (Å²) in [6.45, 7) is 1.35. The van der Waals surface area contributed by atoms with E-state index in [1.165, 1.54) is 25.1 Å². The van der Waals surface area contributed by atoms with Crippen molar-refractivity contribution in [3.8, 4) is 11.9 Å². The zero-order valence-electron chi connectivity index (χ0n) is 11.0. The molecule has 1 fully saturated rings. The number of ether oxygens (including phenoxy) is 1. The van der Waals surface area contributed by atoms with Gasteiger partial charge in [0.15, 0.2) is 0 Å². The van der Waals surface area contributed by atoms with Gasteiger partial charge in [0.2, 0.25) is 0 Å². The fourth-order valence-electron chi connectivity index (χ4n) is 2.28. The number of aromatic nitrogens is 1. The van der Waals surface area contributed by atoms with E-state index in [9.17, 15) is 10.1 Å². The Kier molecular flexibility index (Phi) is 4.85. The summed E-state index contributed by atoms with van der Waals surface area (Å²) in [5.74, 6) is -0.0788. The van der Waals surface area contributed by atoms with E-state index in [1.54, 1.807) is 6.07 Å². The van der Waals surface area contributed by atoms with E-state index in [4.69, 9.17) is 10.00 Å². The first kappa shape index (κ1) is 14.2. The van der Waals surface area contributed by atoms with Crippen molar-refractivity contribution in [3.05, 3.63) is 27.9 Å². The van der Waals surface area contributed by atoms with Gasteiger partial charge in [-0.3, -0.25) is 10.1 Å². The van der Waals surface area contributed by atoms with E-state index in [0.717, 1.165) is 19.4 Å². The summed E-state index contributed by atoms with van der Waals surface area (Å²) in [6.07, 6.45) is 5.60. The van der Waals surface area contributed by atoms with Crippen LogP contribution in [0.25, 0.3) is 0 Å². The second-order valence-corrected chi connectivity index (χ2v) is 4.67. The lowest BCUT2D eigenvalue weighted by Crippen LogP contribution is -2.35. The summed E-state index contributed by atoms with van der Waals surface area (Å²) >= 11 is 0. The summed E-state index contributed by atoms with van der Waals surface area (Å²) in [6, 6.07) is 3.49. The van der Waals surface area contributed by atoms with E-state index in [2.05, 4.69) is 10.3 Å². The molecule has 0 radical (unpaired) electrons. The number of pyridine rings is 1. The molecule has 20 heavy (non-hydrogen) atoms. The molecule has 1 N–H and O–H groups in total. The SMILES string of the molecule is N#Cc1ccnc(OCCC2CCCCN2)c1[N+](=O)[O-]. The van der Waals surface area contributed by atoms with E-state index in [-0.39, 0.29) is 17.1 Å². The number of nitrogens with one attached hydrogen (secondary N) is 1. The minimum Gasteiger partial charge on any atom is -0.473 e. The lowest BCUT2D eigenvalue weighted by molar-refractivity contribution is -0.386. The van der Waals surface area contributed by atoms with Crippen molar-refractivity contribution in [1.82, 2.24) is 10.3 Å². The molecule has 2 rings (SSSR count). The Morgan fingerprint density at radius 2 is 2.45 bits per heavy atom. The number of nitro groups is 1. The molecule has 1 aromatic heterocycles. The van der Waals surface area contributed by atoms with Gasteiger partial charge in [-0.05, 0) is 31.9 Å². The maximum Gasteiger partial charge on any atom is 0.348 e. The summed E-state index contributed by atoms with van der Waals surface area (Å²) in [7, 11) is 0. The van der Waals surface area contributed by atoms with Crippen LogP contribution in [0.15, 0.2) is 12.3 Å². The minimum absolute atomic E-state index is 0.0317. The molecule has 0 aliphatic carbocycles. The number of rotatable bonds is 5. The smallest absolute Gasteiger partial charge is 0.348 e. The Hall–Kier alpha value is -2.20. The zero-order valence-corrected chi connectivity index (χ0v) is 11.0. The highest BCUT2D eigenvalue weighted by atomic mass is 16.6. The first-order valence-electron chi connectivity index (χ1n) is 6.62. The number of piperidine rings is 1. The Balaban J connectivity index is 1.98. The minimum atomic E-state index is -0.625. The summed E-state index contributed by atoms with van der Waals surface area (Å²) < 4.78 is 5.40. The molecule has 0 spiro atoms. The van der Waals surface area contributed by atoms with Gasteiger partial charge in [0.05, 0.1) is 11.5 Å². The van der Waals surface area contributed by atoms with Gasteiger partial charge in [0.1, 0.15) is 11.6 Å². The molecular formula is C13H16N4O3. The van der Waals surface area contributed by atoms with Crippen LogP contribution in [0, 0.1) is 21.4 Å². The summed E-state index contributed by atoms with van der Waals surface area (Å²) in [5, 5.41) is 23.2. The van der Waals surface area contributed by atoms with Crippen LogP contribution in [0.5, 0.6) is 5.88 Å². The first-order valence-corrected chi connectivity index (χ1v) is 6.62. The van der Waals surface area contributed by atoms with E-state index in [0.29, 0.717) is 12.6 Å². The highest BCUT2D eigenvalue weighted by molar-refractivity contribution is 5.54. The van der Waals surface area contributed by atoms with Gasteiger partial charge < -0.3 is 10.1 Å². The highest BCUT2D eigenvalue weighted by Crippen LogP contribution is 2.27. The van der Waals surface area contributed by atoms with Crippen LogP contribution < -0.4 is 10.1 Å². The molecule has 0 amide bonds. The molecular weight excluding hydrogens is 260 g/mol. The van der Waals surface area contributed by atoms with Gasteiger partial charge in [-0.2, -0.15) is 5.26 Å². The molecule has 0 saturated carbocycles. The predicted octanol–water partition coefficient (Wildman–Crippen LogP) is 1.77. The van der Waals surface area contributed by atoms with Gasteiger partial charge >= 0.3 is 5.69 Å². The zero-order chi connectivity index (χ0) is 14.4. The molecule has 1 saturated heterocycles. The van der Waals surface area contributed by atoms with Crippen molar-refractivity contribution in [1.29, 1.82) is 5.26 Å². The van der Waals surface area contributed by atoms with E-state index >= 15 is 0 Å². The normalized spacial score (nSPS) is 18.2. The van der Waals surface area contributed by atoms with Crippen molar-refractivity contribution >= 4 is 5.69 Å². The van der Waals surface area contributed by atoms with E-state index in [1.807, 2.05) is 0 Å². The third kappa shape index (κ3) is 3.42. The summed E-state index contributed by atoms with van der Waals surface area (Å²) in [5.41, 5.74) is -0.387. The van der Waals surface area contributed by atoms with Gasteiger partial charge in [-0.15, -0.1) is 0 Å². The van der Waals surface area contributed by atoms with E-state index < -0.39 is 4.92 Å². The Labute approximate surface area is 116 Å². The van der Waals surface area contributed by atoms with Crippen molar-refractivity contribution in [2.75, 3.05) is 13.2 Å². The molecule has 0 bridgehead atoms. The second-order valence-electron chi connectivity index (χ2n) is 4.67. The van der Waals surface area contributed by atoms with Crippen molar-refractivity contribution in [2.24, 2.45) is 0 Å². The van der Waals surface area contributed by atoms with Gasteiger partial charge in [0, 0.05) is 12.2 Å². The van der Waals surface area contributed by atoms with Gasteiger partial charge in [-0.25, -0.2) is 4.98 Å². The van der Waals surface area contributed by atoms with Crippen LogP contribution in [-0.2, 0) is 0 Å². The standard InChI is InChI=1S/C13H16N4O3/c14-9-10-4-7-16-13(12(10)17(18)19)20-8-5-11-3-1-2-6-15-11/h4,7,11,15H,1-3,5-6,8H2. The number of hydrogen-bond acceptors (Lipinski definition) is 6. The molecule has 2 heterocycles. The van der Waals surface area contributed by atoms with Crippen molar-refractivity contribution in [2.45, 2.75) is 31.7 Å². The van der Waals surface area contributed by atoms with Crippen LogP contribution in [0.3, 0.4) is 0 Å². The molecule has 7 nitrogen and oxygen atoms in total. The lowest BCUT2D eigenvalue weighted by atomic mass is 10.0. The highest BCUT2D eigenvalue weighted by Gasteiger charge is 2.23. The Morgan fingerprint density at radius 1 is 1.60 bits per heavy atom. The van der Waals surface area contributed by atoms with Gasteiger partial charge in [0.25, 0.3) is 5.88 Å². The molecule has 1 aliphatic rings. The molecule has 1 unspecified atom stereocenters. The first-order chi connectivity index (χ1) is 9.72. The number of nitrogens with zero attached hydrogens (tertiary/aromatic N) is 3. The van der Waals surface area contributed by atoms with Crippen molar-refractivity contribution in [3.63, 3.8) is 0 Å². The number of hydrogen-bond donors (Lipinski definition) is 1. The fourth-order valence-corrected chi connectivity index (χ4v) is 2.28. The maximum atomic E-state index is 11.0. The lowest BCUT2D eigenvalue weighted by Gasteiger charge is -2.23. The maximum absolute atomic E-state index is 11.0. The Bertz CT molecular complexity index is 521. The van der Waals surface area contributed by atoms with Crippen LogP contribution >= 0.6 is 0 Å². The predicted molar refractivity (Wildman–Crippen MR) is 71.4 cm³/mol. The molecule has 7 heteroatoms. The topological polar surface area (TPSA) is 101 Å².